The van der Waals surface area contributed by atoms with E-state index in [4.69, 9.17) is 0 Å². The van der Waals surface area contributed by atoms with Crippen LogP contribution in [0.4, 0.5) is 17.1 Å². The summed E-state index contributed by atoms with van der Waals surface area (Å²) in [4.78, 5) is 2.44. The van der Waals surface area contributed by atoms with Gasteiger partial charge >= 0.3 is 0 Å². The first kappa shape index (κ1) is 22.3. The van der Waals surface area contributed by atoms with E-state index in [0.29, 0.717) is 0 Å². The molecule has 0 amide bonds. The molecule has 3 aliphatic rings. The van der Waals surface area contributed by atoms with Crippen molar-refractivity contribution in [3.05, 3.63) is 174 Å². The molecular formula is C41H25N. The van der Waals surface area contributed by atoms with Crippen molar-refractivity contribution in [2.45, 2.75) is 5.41 Å². The van der Waals surface area contributed by atoms with E-state index < -0.39 is 0 Å². The van der Waals surface area contributed by atoms with Crippen LogP contribution in [0.15, 0.2) is 152 Å². The molecule has 0 heterocycles. The van der Waals surface area contributed by atoms with E-state index in [9.17, 15) is 0 Å². The Kier molecular flexibility index (Phi) is 4.18. The molecule has 0 radical (unpaired) electrons. The number of benzene rings is 7. The van der Waals surface area contributed by atoms with Gasteiger partial charge in [-0.25, -0.2) is 0 Å². The van der Waals surface area contributed by atoms with E-state index in [-0.39, 0.29) is 5.41 Å². The Balaban J connectivity index is 1.31. The molecule has 0 bridgehead atoms. The van der Waals surface area contributed by atoms with Gasteiger partial charge in [0.25, 0.3) is 0 Å². The number of fused-ring (bicyclic) bond motifs is 6. The van der Waals surface area contributed by atoms with E-state index in [2.05, 4.69) is 157 Å². The quantitative estimate of drug-likeness (QED) is 0.219. The highest BCUT2D eigenvalue weighted by atomic mass is 15.1. The van der Waals surface area contributed by atoms with Gasteiger partial charge in [-0.15, -0.1) is 0 Å². The van der Waals surface area contributed by atoms with Crippen LogP contribution in [0, 0.1) is 0 Å². The highest BCUT2D eigenvalue weighted by molar-refractivity contribution is 6.07. The van der Waals surface area contributed by atoms with Crippen LogP contribution in [0.1, 0.15) is 22.3 Å². The minimum atomic E-state index is -0.291. The highest BCUT2D eigenvalue weighted by Crippen LogP contribution is 2.70. The normalized spacial score (nSPS) is 16.2. The second-order valence-electron chi connectivity index (χ2n) is 11.7. The molecule has 7 aromatic rings. The summed E-state index contributed by atoms with van der Waals surface area (Å²) >= 11 is 0. The summed E-state index contributed by atoms with van der Waals surface area (Å²) in [6.45, 7) is 0. The van der Waals surface area contributed by atoms with Gasteiger partial charge in [-0.3, -0.25) is 0 Å². The fourth-order valence-corrected chi connectivity index (χ4v) is 8.29. The summed E-state index contributed by atoms with van der Waals surface area (Å²) in [7, 11) is 0. The molecule has 0 fully saturated rings. The fourth-order valence-electron chi connectivity index (χ4n) is 8.29. The van der Waals surface area contributed by atoms with Crippen molar-refractivity contribution in [2.75, 3.05) is 4.90 Å². The lowest BCUT2D eigenvalue weighted by molar-refractivity contribution is 0.818. The summed E-state index contributed by atoms with van der Waals surface area (Å²) < 4.78 is 0. The SMILES string of the molecule is c1ccc(N(c2ccc3c(c2)C24c5ccccc5-c5cccc(c52)-c2cccc-3c24)c2cccc3ccccc23)cc1. The largest absolute Gasteiger partial charge is 0.310 e. The number of para-hydroxylation sites is 1. The van der Waals surface area contributed by atoms with Gasteiger partial charge in [-0.2, -0.15) is 0 Å². The van der Waals surface area contributed by atoms with E-state index in [1.54, 1.807) is 0 Å². The zero-order valence-corrected chi connectivity index (χ0v) is 22.9. The maximum atomic E-state index is 2.49. The minimum absolute atomic E-state index is 0.291. The number of hydrogen-bond acceptors (Lipinski definition) is 1. The number of hydrogen-bond donors (Lipinski definition) is 0. The summed E-state index contributed by atoms with van der Waals surface area (Å²) in [5.74, 6) is 0. The molecule has 194 valence electrons. The zero-order chi connectivity index (χ0) is 27.4. The maximum absolute atomic E-state index is 2.49. The van der Waals surface area contributed by atoms with Gasteiger partial charge in [0.05, 0.1) is 11.1 Å². The van der Waals surface area contributed by atoms with E-state index in [1.165, 1.54) is 77.8 Å². The molecule has 1 heteroatoms. The summed E-state index contributed by atoms with van der Waals surface area (Å²) in [6.07, 6.45) is 0. The first-order valence-corrected chi connectivity index (χ1v) is 14.7. The minimum Gasteiger partial charge on any atom is -0.310 e. The first-order chi connectivity index (χ1) is 20.9. The van der Waals surface area contributed by atoms with Crippen molar-refractivity contribution in [2.24, 2.45) is 0 Å². The monoisotopic (exact) mass is 531 g/mol. The molecule has 1 atom stereocenters. The third kappa shape index (κ3) is 2.56. The lowest BCUT2D eigenvalue weighted by Crippen LogP contribution is -2.23. The Hall–Kier alpha value is -5.40. The zero-order valence-electron chi connectivity index (χ0n) is 22.9. The van der Waals surface area contributed by atoms with Crippen molar-refractivity contribution < 1.29 is 0 Å². The Morgan fingerprint density at radius 2 is 0.952 bits per heavy atom. The Morgan fingerprint density at radius 1 is 0.381 bits per heavy atom. The van der Waals surface area contributed by atoms with Crippen molar-refractivity contribution in [1.29, 1.82) is 0 Å². The highest BCUT2D eigenvalue weighted by Gasteiger charge is 2.57. The van der Waals surface area contributed by atoms with Gasteiger partial charge < -0.3 is 4.90 Å². The molecule has 42 heavy (non-hydrogen) atoms. The van der Waals surface area contributed by atoms with Crippen molar-refractivity contribution >= 4 is 27.8 Å². The van der Waals surface area contributed by atoms with Crippen LogP contribution in [0.3, 0.4) is 0 Å². The molecular weight excluding hydrogens is 506 g/mol. The third-order valence-electron chi connectivity index (χ3n) is 9.77. The lowest BCUT2D eigenvalue weighted by atomic mass is 9.73. The van der Waals surface area contributed by atoms with Gasteiger partial charge in [0.1, 0.15) is 0 Å². The van der Waals surface area contributed by atoms with Gasteiger partial charge in [-0.05, 0) is 91.4 Å². The van der Waals surface area contributed by atoms with Gasteiger partial charge in [-0.1, -0.05) is 121 Å². The summed E-state index contributed by atoms with van der Waals surface area (Å²) in [5.41, 5.74) is 17.1. The smallest absolute Gasteiger partial charge is 0.0738 e. The number of rotatable bonds is 3. The molecule has 1 spiro atoms. The molecule has 0 aromatic heterocycles. The van der Waals surface area contributed by atoms with Crippen LogP contribution >= 0.6 is 0 Å². The maximum Gasteiger partial charge on any atom is 0.0738 e. The lowest BCUT2D eigenvalue weighted by Gasteiger charge is -2.30. The topological polar surface area (TPSA) is 3.24 Å². The fraction of sp³-hybridized carbons (Fsp3) is 0.0244. The van der Waals surface area contributed by atoms with E-state index in [0.717, 1.165) is 5.69 Å². The second kappa shape index (κ2) is 7.87. The molecule has 1 nitrogen and oxygen atoms in total. The van der Waals surface area contributed by atoms with Crippen molar-refractivity contribution in [3.8, 4) is 33.4 Å². The molecule has 1 unspecified atom stereocenters. The van der Waals surface area contributed by atoms with E-state index in [1.807, 2.05) is 0 Å². The summed E-state index contributed by atoms with van der Waals surface area (Å²) in [6, 6.07) is 56.2. The molecule has 0 N–H and O–H groups in total. The predicted molar refractivity (Wildman–Crippen MR) is 174 cm³/mol. The molecule has 3 aliphatic carbocycles. The molecule has 10 rings (SSSR count). The Labute approximate surface area is 245 Å². The van der Waals surface area contributed by atoms with Crippen LogP contribution in [-0.2, 0) is 5.41 Å². The van der Waals surface area contributed by atoms with Crippen LogP contribution in [-0.4, -0.2) is 0 Å². The second-order valence-corrected chi connectivity index (χ2v) is 11.7. The third-order valence-corrected chi connectivity index (χ3v) is 9.77. The Morgan fingerprint density at radius 3 is 1.74 bits per heavy atom. The molecule has 0 aliphatic heterocycles. The number of anilines is 3. The van der Waals surface area contributed by atoms with Crippen molar-refractivity contribution in [1.82, 2.24) is 0 Å². The van der Waals surface area contributed by atoms with Crippen molar-refractivity contribution in [3.63, 3.8) is 0 Å². The standard InChI is InChI=1S/C41H25N/c1-2-13-27(14-3-1)42(38-22-8-12-26-11-4-5-15-29(26)38)28-23-24-31-33-18-10-20-35-34-19-9-17-32-30-16-6-7-21-36(30)41(39(32)34,40(33)35)37(31)25-28/h1-25H. The van der Waals surface area contributed by atoms with Gasteiger partial charge in [0.2, 0.25) is 0 Å². The first-order valence-electron chi connectivity index (χ1n) is 14.7. The van der Waals surface area contributed by atoms with E-state index >= 15 is 0 Å². The summed E-state index contributed by atoms with van der Waals surface area (Å²) in [5, 5.41) is 2.49. The number of nitrogens with zero attached hydrogens (tertiary/aromatic N) is 1. The predicted octanol–water partition coefficient (Wildman–Crippen LogP) is 10.6. The molecule has 0 saturated heterocycles. The average molecular weight is 532 g/mol. The van der Waals surface area contributed by atoms with Crippen LogP contribution < -0.4 is 4.90 Å². The Bertz CT molecular complexity index is 2220. The van der Waals surface area contributed by atoms with Gasteiger partial charge in [0, 0.05) is 16.8 Å². The average Bonchev–Trinajstić information content (AvgIpc) is 3.65. The van der Waals surface area contributed by atoms with Crippen LogP contribution in [0.2, 0.25) is 0 Å². The molecule has 7 aromatic carbocycles. The van der Waals surface area contributed by atoms with Gasteiger partial charge in [0.15, 0.2) is 0 Å². The van der Waals surface area contributed by atoms with Crippen LogP contribution in [0.5, 0.6) is 0 Å². The molecule has 0 saturated carbocycles. The van der Waals surface area contributed by atoms with Crippen LogP contribution in [0.25, 0.3) is 44.2 Å².